The minimum Gasteiger partial charge on any atom is -0.481 e. The second-order valence-electron chi connectivity index (χ2n) is 7.54. The molecule has 16 heteroatoms. The summed E-state index contributed by atoms with van der Waals surface area (Å²) in [6, 6.07) is 0. The van der Waals surface area contributed by atoms with E-state index in [-0.39, 0.29) is 19.3 Å². The number of carbonyl (C=O) groups excluding carboxylic acids is 7. The average Bonchev–Trinajstić information content (AvgIpc) is 2.91. The molecule has 0 spiro atoms. The number of aliphatic carboxylic acids is 1. The van der Waals surface area contributed by atoms with Crippen molar-refractivity contribution in [1.82, 2.24) is 0 Å². The molecule has 2 atom stereocenters. The summed E-state index contributed by atoms with van der Waals surface area (Å²) in [5, 5.41) is 8.79. The predicted octanol–water partition coefficient (Wildman–Crippen LogP) is -0.379. The Kier molecular flexibility index (Phi) is 17.7. The van der Waals surface area contributed by atoms with Crippen molar-refractivity contribution in [3.63, 3.8) is 0 Å². The van der Waals surface area contributed by atoms with Crippen LogP contribution in [0.3, 0.4) is 0 Å². The molecular weight excluding hydrogens is 532 g/mol. The Hall–Kier alpha value is -4.24. The van der Waals surface area contributed by atoms with E-state index in [1.165, 1.54) is 0 Å². The van der Waals surface area contributed by atoms with Gasteiger partial charge in [0.1, 0.15) is 13.2 Å². The molecule has 0 aromatic carbocycles. The molecule has 16 nitrogen and oxygen atoms in total. The fourth-order valence-electron chi connectivity index (χ4n) is 2.51. The SMILES string of the molecule is COC(=O)CCC(=O)OC[C@H](OC(=O)CCC(=O)O)[C@H](COC(=O)CCC(=O)OC)OC(=O)CCC(=O)OC. The maximum absolute atomic E-state index is 12.3. The summed E-state index contributed by atoms with van der Waals surface area (Å²) in [6.07, 6.45) is -6.65. The van der Waals surface area contributed by atoms with Crippen molar-refractivity contribution in [3.05, 3.63) is 0 Å². The summed E-state index contributed by atoms with van der Waals surface area (Å²) >= 11 is 0. The lowest BCUT2D eigenvalue weighted by Gasteiger charge is -2.26. The van der Waals surface area contributed by atoms with E-state index in [2.05, 4.69) is 14.2 Å². The highest BCUT2D eigenvalue weighted by atomic mass is 16.6. The highest BCUT2D eigenvalue weighted by molar-refractivity contribution is 5.79. The van der Waals surface area contributed by atoms with Crippen LogP contribution in [0.2, 0.25) is 0 Å². The van der Waals surface area contributed by atoms with Crippen LogP contribution in [0.4, 0.5) is 0 Å². The number of carboxylic acids is 1. The molecule has 0 aromatic heterocycles. The molecule has 0 aromatic rings. The van der Waals surface area contributed by atoms with Gasteiger partial charge in [-0.3, -0.25) is 38.4 Å². The highest BCUT2D eigenvalue weighted by Crippen LogP contribution is 2.13. The van der Waals surface area contributed by atoms with Gasteiger partial charge >= 0.3 is 47.8 Å². The standard InChI is InChI=1S/C23H32O16/c1-33-17(26)6-9-20(29)36-12-14(38-22(31)5-4-16(24)25)15(39-23(32)11-8-19(28)35-3)13-37-21(30)10-7-18(27)34-2/h14-15H,4-13H2,1-3H3,(H,24,25)/t14-,15-/m0/s1. The normalized spacial score (nSPS) is 11.7. The molecule has 0 fully saturated rings. The molecule has 0 rings (SSSR count). The summed E-state index contributed by atoms with van der Waals surface area (Å²) in [7, 11) is 3.34. The Morgan fingerprint density at radius 1 is 0.462 bits per heavy atom. The van der Waals surface area contributed by atoms with E-state index in [4.69, 9.17) is 24.1 Å². The first kappa shape index (κ1) is 34.8. The Balaban J connectivity index is 5.63. The smallest absolute Gasteiger partial charge is 0.306 e. The average molecular weight is 564 g/mol. The van der Waals surface area contributed by atoms with Crippen LogP contribution in [0.1, 0.15) is 51.4 Å². The van der Waals surface area contributed by atoms with Crippen molar-refractivity contribution in [2.75, 3.05) is 34.5 Å². The Bertz CT molecular complexity index is 879. The van der Waals surface area contributed by atoms with Gasteiger partial charge in [-0.15, -0.1) is 0 Å². The fourth-order valence-corrected chi connectivity index (χ4v) is 2.51. The molecule has 0 amide bonds. The lowest BCUT2D eigenvalue weighted by molar-refractivity contribution is -0.183. The molecule has 220 valence electrons. The zero-order valence-corrected chi connectivity index (χ0v) is 21.8. The molecule has 0 aliphatic carbocycles. The van der Waals surface area contributed by atoms with Crippen molar-refractivity contribution < 1.29 is 76.6 Å². The third-order valence-electron chi connectivity index (χ3n) is 4.62. The molecule has 0 radical (unpaired) electrons. The molecule has 0 aliphatic heterocycles. The third kappa shape index (κ3) is 17.8. The summed E-state index contributed by atoms with van der Waals surface area (Å²) in [5.41, 5.74) is 0. The molecule has 1 N–H and O–H groups in total. The fraction of sp³-hybridized carbons (Fsp3) is 0.652. The van der Waals surface area contributed by atoms with Crippen LogP contribution in [0.25, 0.3) is 0 Å². The van der Waals surface area contributed by atoms with Crippen LogP contribution >= 0.6 is 0 Å². The Morgan fingerprint density at radius 2 is 0.744 bits per heavy atom. The number of hydrogen-bond donors (Lipinski definition) is 1. The Labute approximate surface area is 223 Å². The molecule has 0 saturated carbocycles. The highest BCUT2D eigenvalue weighted by Gasteiger charge is 2.32. The summed E-state index contributed by atoms with van der Waals surface area (Å²) < 4.78 is 33.6. The van der Waals surface area contributed by atoms with Gasteiger partial charge in [-0.2, -0.15) is 0 Å². The van der Waals surface area contributed by atoms with Gasteiger partial charge in [0.15, 0.2) is 12.2 Å². The quantitative estimate of drug-likeness (QED) is 0.156. The van der Waals surface area contributed by atoms with Gasteiger partial charge < -0.3 is 38.3 Å². The van der Waals surface area contributed by atoms with Crippen molar-refractivity contribution in [2.45, 2.75) is 63.6 Å². The van der Waals surface area contributed by atoms with Gasteiger partial charge in [0, 0.05) is 0 Å². The van der Waals surface area contributed by atoms with Crippen LogP contribution < -0.4 is 0 Å². The zero-order valence-electron chi connectivity index (χ0n) is 21.8. The molecule has 0 heterocycles. The number of hydrogen-bond acceptors (Lipinski definition) is 15. The third-order valence-corrected chi connectivity index (χ3v) is 4.62. The van der Waals surface area contributed by atoms with Crippen LogP contribution in [-0.2, 0) is 71.5 Å². The van der Waals surface area contributed by atoms with Gasteiger partial charge in [-0.1, -0.05) is 0 Å². The van der Waals surface area contributed by atoms with Crippen molar-refractivity contribution in [1.29, 1.82) is 0 Å². The zero-order chi connectivity index (χ0) is 29.8. The first-order chi connectivity index (χ1) is 18.4. The van der Waals surface area contributed by atoms with Gasteiger partial charge in [-0.25, -0.2) is 0 Å². The Morgan fingerprint density at radius 3 is 1.05 bits per heavy atom. The first-order valence-electron chi connectivity index (χ1n) is 11.5. The van der Waals surface area contributed by atoms with Crippen LogP contribution in [0.15, 0.2) is 0 Å². The second-order valence-corrected chi connectivity index (χ2v) is 7.54. The van der Waals surface area contributed by atoms with E-state index >= 15 is 0 Å². The maximum atomic E-state index is 12.3. The topological polar surface area (TPSA) is 221 Å². The number of methoxy groups -OCH3 is 3. The van der Waals surface area contributed by atoms with E-state index in [0.717, 1.165) is 21.3 Å². The second kappa shape index (κ2) is 19.8. The lowest BCUT2D eigenvalue weighted by Crippen LogP contribution is -2.42. The molecule has 39 heavy (non-hydrogen) atoms. The van der Waals surface area contributed by atoms with E-state index < -0.39 is 105 Å². The van der Waals surface area contributed by atoms with E-state index in [0.29, 0.717) is 0 Å². The van der Waals surface area contributed by atoms with Gasteiger partial charge in [-0.05, 0) is 0 Å². The monoisotopic (exact) mass is 564 g/mol. The van der Waals surface area contributed by atoms with Crippen molar-refractivity contribution in [2.24, 2.45) is 0 Å². The largest absolute Gasteiger partial charge is 0.481 e. The number of rotatable bonds is 19. The summed E-state index contributed by atoms with van der Waals surface area (Å²) in [6.45, 7) is -1.48. The van der Waals surface area contributed by atoms with Crippen LogP contribution in [-0.4, -0.2) is 99.6 Å². The van der Waals surface area contributed by atoms with Crippen LogP contribution in [0, 0.1) is 0 Å². The predicted molar refractivity (Wildman–Crippen MR) is 122 cm³/mol. The summed E-state index contributed by atoms with van der Waals surface area (Å²) in [4.78, 5) is 93.2. The van der Waals surface area contributed by atoms with Crippen molar-refractivity contribution >= 4 is 47.8 Å². The van der Waals surface area contributed by atoms with E-state index in [1.54, 1.807) is 0 Å². The van der Waals surface area contributed by atoms with Gasteiger partial charge in [0.25, 0.3) is 0 Å². The number of carbonyl (C=O) groups is 8. The number of carboxylic acid groups (broad SMARTS) is 1. The maximum Gasteiger partial charge on any atom is 0.306 e. The molecule has 0 unspecified atom stereocenters. The lowest BCUT2D eigenvalue weighted by atomic mass is 10.2. The summed E-state index contributed by atoms with van der Waals surface area (Å²) in [5.74, 6) is -7.32. The van der Waals surface area contributed by atoms with Gasteiger partial charge in [0.2, 0.25) is 0 Å². The number of esters is 7. The molecule has 0 saturated heterocycles. The molecular formula is C23H32O16. The van der Waals surface area contributed by atoms with E-state index in [9.17, 15) is 38.4 Å². The van der Waals surface area contributed by atoms with Crippen molar-refractivity contribution in [3.8, 4) is 0 Å². The van der Waals surface area contributed by atoms with E-state index in [1.807, 2.05) is 0 Å². The minimum atomic E-state index is -1.59. The number of ether oxygens (including phenoxy) is 7. The molecule has 0 aliphatic rings. The van der Waals surface area contributed by atoms with Gasteiger partial charge in [0.05, 0.1) is 72.7 Å². The first-order valence-corrected chi connectivity index (χ1v) is 11.5. The minimum absolute atomic E-state index is 0.315. The van der Waals surface area contributed by atoms with Crippen LogP contribution in [0.5, 0.6) is 0 Å². The molecule has 0 bridgehead atoms.